The zero-order valence-corrected chi connectivity index (χ0v) is 42.7. The normalized spacial score (nSPS) is 23.9. The van der Waals surface area contributed by atoms with E-state index < -0.39 is 64.9 Å². The highest BCUT2D eigenvalue weighted by atomic mass is 32.2. The second kappa shape index (κ2) is 22.8. The molecule has 6 rings (SSSR count). The van der Waals surface area contributed by atoms with E-state index in [-0.39, 0.29) is 37.8 Å². The van der Waals surface area contributed by atoms with Crippen LogP contribution >= 0.6 is 0 Å². The molecule has 1 amide bonds. The molecule has 0 bridgehead atoms. The molecule has 364 valence electrons. The second-order valence-corrected chi connectivity index (χ2v) is 27.4. The molecular formula is C53H77NO10SSi. The maximum Gasteiger partial charge on any atom is 0.410 e. The number of benzene rings is 3. The van der Waals surface area contributed by atoms with Crippen molar-refractivity contribution >= 4 is 24.2 Å². The van der Waals surface area contributed by atoms with Gasteiger partial charge in [-0.05, 0) is 80.9 Å². The number of sulfone groups is 1. The number of rotatable bonds is 24. The number of allylic oxidation sites excluding steroid dienone is 1. The summed E-state index contributed by atoms with van der Waals surface area (Å²) >= 11 is 0. The molecule has 0 saturated carbocycles. The van der Waals surface area contributed by atoms with Gasteiger partial charge < -0.3 is 32.8 Å². The third kappa shape index (κ3) is 13.2. The minimum Gasteiger partial charge on any atom is -0.447 e. The van der Waals surface area contributed by atoms with Crippen molar-refractivity contribution in [2.24, 2.45) is 0 Å². The molecule has 0 aromatic heterocycles. The van der Waals surface area contributed by atoms with Crippen molar-refractivity contribution in [3.8, 4) is 0 Å². The monoisotopic (exact) mass is 948 g/mol. The summed E-state index contributed by atoms with van der Waals surface area (Å²) in [7, 11) is -6.11. The van der Waals surface area contributed by atoms with Crippen LogP contribution in [0.2, 0.25) is 18.1 Å². The predicted molar refractivity (Wildman–Crippen MR) is 261 cm³/mol. The average molecular weight is 948 g/mol. The minimum atomic E-state index is -3.72. The number of carbonyl (C=O) groups is 1. The first-order valence-corrected chi connectivity index (χ1v) is 28.7. The Kier molecular flexibility index (Phi) is 18.0. The Hall–Kier alpha value is -3.40. The quantitative estimate of drug-likeness (QED) is 0.0488. The van der Waals surface area contributed by atoms with Gasteiger partial charge in [-0.15, -0.1) is 0 Å². The molecule has 0 aliphatic carbocycles. The first kappa shape index (κ1) is 52.0. The molecule has 3 aromatic rings. The van der Waals surface area contributed by atoms with E-state index in [0.29, 0.717) is 31.0 Å². The summed E-state index contributed by atoms with van der Waals surface area (Å²) in [6.45, 7) is 18.8. The van der Waals surface area contributed by atoms with Gasteiger partial charge in [0.2, 0.25) is 0 Å². The number of cyclic esters (lactones) is 1. The van der Waals surface area contributed by atoms with Crippen LogP contribution in [0.1, 0.15) is 117 Å². The van der Waals surface area contributed by atoms with Crippen molar-refractivity contribution in [1.82, 2.24) is 4.90 Å². The van der Waals surface area contributed by atoms with E-state index in [1.807, 2.05) is 92.7 Å². The molecule has 13 heteroatoms. The summed E-state index contributed by atoms with van der Waals surface area (Å²) in [4.78, 5) is 16.1. The molecule has 66 heavy (non-hydrogen) atoms. The lowest BCUT2D eigenvalue weighted by atomic mass is 9.84. The summed E-state index contributed by atoms with van der Waals surface area (Å²) in [5, 5.41) is -0.808. The Labute approximate surface area is 396 Å². The van der Waals surface area contributed by atoms with Gasteiger partial charge in [0.25, 0.3) is 0 Å². The van der Waals surface area contributed by atoms with Crippen LogP contribution < -0.4 is 0 Å². The number of ether oxygens (including phenoxy) is 6. The topological polar surface area (TPSA) is 119 Å². The van der Waals surface area contributed by atoms with E-state index in [1.54, 1.807) is 29.2 Å². The Balaban J connectivity index is 1.32. The number of unbranched alkanes of at least 4 members (excludes halogenated alkanes) is 4. The molecule has 3 saturated heterocycles. The number of amides is 1. The van der Waals surface area contributed by atoms with E-state index in [2.05, 4.69) is 40.8 Å². The fourth-order valence-corrected chi connectivity index (χ4v) is 11.8. The van der Waals surface area contributed by atoms with E-state index in [4.69, 9.17) is 32.8 Å². The van der Waals surface area contributed by atoms with E-state index in [1.165, 1.54) is 6.42 Å². The van der Waals surface area contributed by atoms with Crippen molar-refractivity contribution in [3.63, 3.8) is 0 Å². The molecule has 0 N–H and O–H groups in total. The van der Waals surface area contributed by atoms with E-state index >= 15 is 0 Å². The van der Waals surface area contributed by atoms with Crippen LogP contribution in [-0.4, -0.2) is 94.8 Å². The molecule has 3 heterocycles. The van der Waals surface area contributed by atoms with Crippen LogP contribution in [0.25, 0.3) is 0 Å². The lowest BCUT2D eigenvalue weighted by molar-refractivity contribution is -0.348. The van der Waals surface area contributed by atoms with Crippen LogP contribution in [0.5, 0.6) is 0 Å². The lowest BCUT2D eigenvalue weighted by Gasteiger charge is -2.53. The van der Waals surface area contributed by atoms with Crippen molar-refractivity contribution in [1.29, 1.82) is 0 Å². The highest BCUT2D eigenvalue weighted by Crippen LogP contribution is 2.44. The molecular weight excluding hydrogens is 871 g/mol. The van der Waals surface area contributed by atoms with Gasteiger partial charge in [0.1, 0.15) is 30.5 Å². The first-order chi connectivity index (χ1) is 31.4. The largest absolute Gasteiger partial charge is 0.447 e. The van der Waals surface area contributed by atoms with Crippen LogP contribution in [0.4, 0.5) is 4.79 Å². The summed E-state index contributed by atoms with van der Waals surface area (Å²) in [5.41, 5.74) is 0.769. The van der Waals surface area contributed by atoms with Crippen molar-refractivity contribution < 1.29 is 46.1 Å². The predicted octanol–water partition coefficient (Wildman–Crippen LogP) is 11.6. The average Bonchev–Trinajstić information content (AvgIpc) is 3.89. The third-order valence-electron chi connectivity index (χ3n) is 13.9. The lowest BCUT2D eigenvalue weighted by Crippen LogP contribution is -2.70. The Morgan fingerprint density at radius 3 is 2.06 bits per heavy atom. The van der Waals surface area contributed by atoms with Crippen LogP contribution in [0.15, 0.2) is 108 Å². The molecule has 11 nitrogen and oxygen atoms in total. The third-order valence-corrected chi connectivity index (χ3v) is 20.7. The van der Waals surface area contributed by atoms with Gasteiger partial charge >= 0.3 is 6.09 Å². The molecule has 0 radical (unpaired) electrons. The highest BCUT2D eigenvalue weighted by molar-refractivity contribution is 7.92. The summed E-state index contributed by atoms with van der Waals surface area (Å²) in [5.74, 6) is -1.73. The van der Waals surface area contributed by atoms with Gasteiger partial charge in [-0.2, -0.15) is 0 Å². The van der Waals surface area contributed by atoms with Gasteiger partial charge in [-0.25, -0.2) is 13.2 Å². The summed E-state index contributed by atoms with van der Waals surface area (Å²) < 4.78 is 75.1. The number of nitrogens with zero attached hydrogens (tertiary/aromatic N) is 1. The van der Waals surface area contributed by atoms with Crippen molar-refractivity contribution in [2.45, 2.75) is 183 Å². The van der Waals surface area contributed by atoms with Crippen LogP contribution in [0, 0.1) is 0 Å². The highest BCUT2D eigenvalue weighted by Gasteiger charge is 2.61. The first-order valence-electron chi connectivity index (χ1n) is 24.3. The molecule has 3 aliphatic rings. The molecule has 3 fully saturated rings. The van der Waals surface area contributed by atoms with Gasteiger partial charge in [0.05, 0.1) is 36.6 Å². The molecule has 3 aliphatic heterocycles. The van der Waals surface area contributed by atoms with Crippen molar-refractivity contribution in [3.05, 3.63) is 114 Å². The van der Waals surface area contributed by atoms with E-state index in [9.17, 15) is 13.2 Å². The van der Waals surface area contributed by atoms with Gasteiger partial charge in [-0.3, -0.25) is 4.90 Å². The summed E-state index contributed by atoms with van der Waals surface area (Å²) in [6.07, 6.45) is 9.47. The maximum absolute atomic E-state index is 14.4. The maximum atomic E-state index is 14.4. The van der Waals surface area contributed by atoms with Gasteiger partial charge in [0, 0.05) is 19.4 Å². The molecule has 5 atom stereocenters. The SMILES string of the molecule is CCCCCCC1(CCCC[C@@H](C/C=C/[C@@H]2OC(C)(C)O[C@H]([C@]3(CO[Si](C)(C)C(C)(C)C)COC(=O)N3Cc3ccccc3)[C@@H]2OCc2ccccc2)S(=O)(=O)c2ccccc2)OCCO1. The Morgan fingerprint density at radius 2 is 1.44 bits per heavy atom. The number of hydrogen-bond acceptors (Lipinski definition) is 10. The smallest absolute Gasteiger partial charge is 0.410 e. The van der Waals surface area contributed by atoms with E-state index in [0.717, 1.165) is 49.7 Å². The minimum absolute atomic E-state index is 0.0170. The van der Waals surface area contributed by atoms with Gasteiger partial charge in [-0.1, -0.05) is 144 Å². The summed E-state index contributed by atoms with van der Waals surface area (Å²) in [6, 6.07) is 28.5. The fourth-order valence-electron chi connectivity index (χ4n) is 9.02. The zero-order valence-electron chi connectivity index (χ0n) is 40.9. The zero-order chi connectivity index (χ0) is 47.5. The number of hydrogen-bond donors (Lipinski definition) is 0. The van der Waals surface area contributed by atoms with Crippen molar-refractivity contribution in [2.75, 3.05) is 26.4 Å². The van der Waals surface area contributed by atoms with Crippen LogP contribution in [0.3, 0.4) is 0 Å². The Morgan fingerprint density at radius 1 is 0.833 bits per heavy atom. The van der Waals surface area contributed by atoms with Gasteiger partial charge in [0.15, 0.2) is 29.7 Å². The van der Waals surface area contributed by atoms with Crippen LogP contribution in [-0.2, 0) is 55.8 Å². The Bertz CT molecular complexity index is 2090. The molecule has 3 aromatic carbocycles. The second-order valence-electron chi connectivity index (χ2n) is 20.4. The molecule has 0 spiro atoms. The fraction of sp³-hybridized carbons (Fsp3) is 0.604. The standard InChI is InChI=1S/C53H77NO10SSi/c1-9-10-11-22-34-53(60-36-37-61-53)35-23-21-31-45(65(56,57)44-29-19-14-20-30-44)32-24-33-46-47(58-39-43-27-17-13-18-28-43)48(64-51(5,6)63-46)52(41-62-66(7,8)50(2,3)4)40-59-49(55)54(52)38-42-25-15-12-16-26-42/h12-20,24-30,33,45-48H,9-11,21-23,31-32,34-41H2,1-8H3/b33-24+/t45-,46-,47+,48-,52+/m0/s1. The number of carbonyl (C=O) groups excluding carboxylic acids is 1. The molecule has 0 unspecified atom stereocenters.